The Balaban J connectivity index is 2.27. The Morgan fingerprint density at radius 1 is 0.696 bits per heavy atom. The van der Waals surface area contributed by atoms with Crippen LogP contribution in [-0.2, 0) is 0 Å². The topological polar surface area (TPSA) is 40.5 Å². The second-order valence-electron chi connectivity index (χ2n) is 6.35. The van der Waals surface area contributed by atoms with Gasteiger partial charge in [0, 0.05) is 10.9 Å². The van der Waals surface area contributed by atoms with E-state index < -0.39 is 0 Å². The zero-order valence-electron chi connectivity index (χ0n) is 13.2. The van der Waals surface area contributed by atoms with Crippen LogP contribution < -0.4 is 0 Å². The minimum Gasteiger partial charge on any atom is -0.508 e. The van der Waals surface area contributed by atoms with Crippen molar-refractivity contribution in [2.24, 2.45) is 0 Å². The van der Waals surface area contributed by atoms with Crippen LogP contribution in [-0.4, -0.2) is 10.2 Å². The van der Waals surface area contributed by atoms with Gasteiger partial charge in [-0.2, -0.15) is 0 Å². The lowest BCUT2D eigenvalue weighted by Gasteiger charge is -2.16. The maximum atomic E-state index is 10.7. The quantitative estimate of drug-likeness (QED) is 0.444. The fourth-order valence-electron chi connectivity index (χ4n) is 3.59. The third-order valence-corrected chi connectivity index (χ3v) is 4.60. The van der Waals surface area contributed by atoms with Crippen molar-refractivity contribution in [2.75, 3.05) is 0 Å². The average molecular weight is 302 g/mol. The first-order chi connectivity index (χ1) is 11.1. The maximum absolute atomic E-state index is 10.7. The van der Waals surface area contributed by atoms with Gasteiger partial charge in [-0.05, 0) is 51.0 Å². The van der Waals surface area contributed by atoms with E-state index in [1.165, 1.54) is 0 Å². The average Bonchev–Trinajstić information content (AvgIpc) is 2.54. The monoisotopic (exact) mass is 302 g/mol. The molecule has 0 atom stereocenters. The molecule has 4 aromatic carbocycles. The lowest BCUT2D eigenvalue weighted by molar-refractivity contribution is 0.462. The second kappa shape index (κ2) is 4.88. The van der Waals surface area contributed by atoms with E-state index in [2.05, 4.69) is 24.3 Å². The summed E-state index contributed by atoms with van der Waals surface area (Å²) in [5.41, 5.74) is 0.801. The van der Waals surface area contributed by atoms with Crippen molar-refractivity contribution in [1.29, 1.82) is 0 Å². The molecule has 0 saturated heterocycles. The highest BCUT2D eigenvalue weighted by molar-refractivity contribution is 6.19. The lowest BCUT2D eigenvalue weighted by Crippen LogP contribution is -1.92. The molecule has 0 bridgehead atoms. The molecule has 0 aliphatic carbocycles. The van der Waals surface area contributed by atoms with Crippen LogP contribution in [0, 0.1) is 0 Å². The van der Waals surface area contributed by atoms with Crippen molar-refractivity contribution >= 4 is 32.3 Å². The molecule has 0 aliphatic rings. The van der Waals surface area contributed by atoms with E-state index in [-0.39, 0.29) is 17.4 Å². The molecule has 2 heteroatoms. The summed E-state index contributed by atoms with van der Waals surface area (Å²) in [6.45, 7) is 4.05. The summed E-state index contributed by atoms with van der Waals surface area (Å²) in [5.74, 6) is 0.592. The van der Waals surface area contributed by atoms with Gasteiger partial charge >= 0.3 is 0 Å². The molecule has 0 aliphatic heterocycles. The molecule has 0 spiro atoms. The third kappa shape index (κ3) is 1.95. The highest BCUT2D eigenvalue weighted by Crippen LogP contribution is 2.42. The highest BCUT2D eigenvalue weighted by atomic mass is 16.3. The Bertz CT molecular complexity index is 1060. The number of phenols is 2. The second-order valence-corrected chi connectivity index (χ2v) is 6.35. The molecule has 0 heterocycles. The molecule has 0 radical (unpaired) electrons. The molecule has 23 heavy (non-hydrogen) atoms. The molecule has 4 aromatic rings. The number of rotatable bonds is 1. The SMILES string of the molecule is CC(C)c1c(O)ccc2c1c(O)cc1c3ccccc3ccc21. The van der Waals surface area contributed by atoms with Crippen molar-refractivity contribution in [3.8, 4) is 11.5 Å². The largest absolute Gasteiger partial charge is 0.508 e. The molecule has 0 aromatic heterocycles. The fraction of sp³-hybridized carbons (Fsp3) is 0.143. The zero-order chi connectivity index (χ0) is 16.1. The van der Waals surface area contributed by atoms with Gasteiger partial charge in [0.05, 0.1) is 0 Å². The van der Waals surface area contributed by atoms with Crippen LogP contribution in [0.25, 0.3) is 32.3 Å². The molecule has 0 saturated carbocycles. The van der Waals surface area contributed by atoms with Crippen LogP contribution in [0.1, 0.15) is 25.3 Å². The Morgan fingerprint density at radius 3 is 2.22 bits per heavy atom. The Labute approximate surface area is 134 Å². The summed E-state index contributed by atoms with van der Waals surface area (Å²) in [6, 6.07) is 17.8. The van der Waals surface area contributed by atoms with E-state index in [1.54, 1.807) is 6.07 Å². The van der Waals surface area contributed by atoms with Gasteiger partial charge in [-0.3, -0.25) is 0 Å². The molecule has 0 unspecified atom stereocenters. The number of hydrogen-bond acceptors (Lipinski definition) is 2. The van der Waals surface area contributed by atoms with Crippen molar-refractivity contribution < 1.29 is 10.2 Å². The van der Waals surface area contributed by atoms with E-state index >= 15 is 0 Å². The molecule has 4 rings (SSSR count). The van der Waals surface area contributed by atoms with E-state index in [0.717, 1.165) is 37.9 Å². The van der Waals surface area contributed by atoms with Crippen LogP contribution in [0.3, 0.4) is 0 Å². The van der Waals surface area contributed by atoms with Crippen LogP contribution in [0.5, 0.6) is 11.5 Å². The van der Waals surface area contributed by atoms with Gasteiger partial charge in [0.1, 0.15) is 11.5 Å². The number of benzene rings is 4. The summed E-state index contributed by atoms with van der Waals surface area (Å²) in [4.78, 5) is 0. The van der Waals surface area contributed by atoms with Gasteiger partial charge in [-0.1, -0.05) is 50.2 Å². The molecule has 2 N–H and O–H groups in total. The first-order valence-electron chi connectivity index (χ1n) is 7.87. The fourth-order valence-corrected chi connectivity index (χ4v) is 3.59. The predicted molar refractivity (Wildman–Crippen MR) is 96.4 cm³/mol. The minimum atomic E-state index is 0.127. The number of fused-ring (bicyclic) bond motifs is 5. The maximum Gasteiger partial charge on any atom is 0.124 e. The summed E-state index contributed by atoms with van der Waals surface area (Å²) in [5, 5.41) is 27.1. The van der Waals surface area contributed by atoms with Crippen molar-refractivity contribution in [1.82, 2.24) is 0 Å². The van der Waals surface area contributed by atoms with Gasteiger partial charge in [-0.15, -0.1) is 0 Å². The highest BCUT2D eigenvalue weighted by Gasteiger charge is 2.16. The molecular weight excluding hydrogens is 284 g/mol. The van der Waals surface area contributed by atoms with Crippen LogP contribution in [0.4, 0.5) is 0 Å². The molecule has 114 valence electrons. The molecule has 0 fully saturated rings. The van der Waals surface area contributed by atoms with Gasteiger partial charge < -0.3 is 10.2 Å². The van der Waals surface area contributed by atoms with Crippen molar-refractivity contribution in [2.45, 2.75) is 19.8 Å². The summed E-state index contributed by atoms with van der Waals surface area (Å²) < 4.78 is 0. The number of aromatic hydroxyl groups is 2. The normalized spacial score (nSPS) is 11.8. The van der Waals surface area contributed by atoms with Crippen LogP contribution >= 0.6 is 0 Å². The summed E-state index contributed by atoms with van der Waals surface area (Å²) in [6.07, 6.45) is 0. The smallest absolute Gasteiger partial charge is 0.124 e. The summed E-state index contributed by atoms with van der Waals surface area (Å²) in [7, 11) is 0. The van der Waals surface area contributed by atoms with Crippen LogP contribution in [0.15, 0.2) is 54.6 Å². The van der Waals surface area contributed by atoms with Gasteiger partial charge in [0.15, 0.2) is 0 Å². The minimum absolute atomic E-state index is 0.127. The first-order valence-corrected chi connectivity index (χ1v) is 7.87. The molecule has 0 amide bonds. The van der Waals surface area contributed by atoms with E-state index in [4.69, 9.17) is 0 Å². The first kappa shape index (κ1) is 13.9. The zero-order valence-corrected chi connectivity index (χ0v) is 13.2. The van der Waals surface area contributed by atoms with E-state index in [9.17, 15) is 10.2 Å². The van der Waals surface area contributed by atoms with E-state index in [0.29, 0.717) is 0 Å². The Morgan fingerprint density at radius 2 is 1.43 bits per heavy atom. The third-order valence-electron chi connectivity index (χ3n) is 4.60. The molecule has 2 nitrogen and oxygen atoms in total. The van der Waals surface area contributed by atoms with Crippen molar-refractivity contribution in [3.63, 3.8) is 0 Å². The van der Waals surface area contributed by atoms with Gasteiger partial charge in [-0.25, -0.2) is 0 Å². The summed E-state index contributed by atoms with van der Waals surface area (Å²) >= 11 is 0. The van der Waals surface area contributed by atoms with Crippen LogP contribution in [0.2, 0.25) is 0 Å². The Kier molecular flexibility index (Phi) is 2.95. The Hall–Kier alpha value is -2.74. The van der Waals surface area contributed by atoms with Gasteiger partial charge in [0.25, 0.3) is 0 Å². The lowest BCUT2D eigenvalue weighted by atomic mass is 9.90. The van der Waals surface area contributed by atoms with E-state index in [1.807, 2.05) is 38.1 Å². The number of phenolic OH excluding ortho intramolecular Hbond substituents is 2. The standard InChI is InChI=1S/C21H18O2/c1-12(2)20-18(22)10-9-16-15-8-7-13-5-3-4-6-14(13)17(15)11-19(23)21(16)20/h3-12,22-23H,1-2H3. The van der Waals surface area contributed by atoms with Crippen molar-refractivity contribution in [3.05, 3.63) is 60.2 Å². The number of hydrogen-bond donors (Lipinski definition) is 2. The predicted octanol–water partition coefficient (Wildman–Crippen LogP) is 5.68. The van der Waals surface area contributed by atoms with Gasteiger partial charge in [0.2, 0.25) is 0 Å². The molecular formula is C21H18O2.